The van der Waals surface area contributed by atoms with Gasteiger partial charge in [0.05, 0.1) is 0 Å². The molecule has 2 heteroatoms. The van der Waals surface area contributed by atoms with Crippen LogP contribution in [0.3, 0.4) is 0 Å². The Labute approximate surface area is 123 Å². The summed E-state index contributed by atoms with van der Waals surface area (Å²) in [7, 11) is 0. The third-order valence-electron chi connectivity index (χ3n) is 3.90. The fourth-order valence-electron chi connectivity index (χ4n) is 2.44. The second-order valence-corrected chi connectivity index (χ2v) is 5.84. The molecule has 2 atom stereocenters. The van der Waals surface area contributed by atoms with E-state index in [4.69, 9.17) is 9.47 Å². The number of hydrogen-bond donors (Lipinski definition) is 0. The van der Waals surface area contributed by atoms with Crippen molar-refractivity contribution in [3.63, 3.8) is 0 Å². The summed E-state index contributed by atoms with van der Waals surface area (Å²) in [6, 6.07) is 8.48. The van der Waals surface area contributed by atoms with E-state index in [1.54, 1.807) is 0 Å². The molecule has 1 heterocycles. The van der Waals surface area contributed by atoms with Crippen molar-refractivity contribution in [1.29, 1.82) is 0 Å². The molecule has 1 aliphatic rings. The minimum atomic E-state index is -0.0241. The van der Waals surface area contributed by atoms with Crippen molar-refractivity contribution in [2.75, 3.05) is 0 Å². The average Bonchev–Trinajstić information content (AvgIpc) is 3.15. The predicted octanol–water partition coefficient (Wildman–Crippen LogP) is 5.10. The van der Waals surface area contributed by atoms with Gasteiger partial charge in [0.1, 0.15) is 11.9 Å². The van der Waals surface area contributed by atoms with Gasteiger partial charge in [-0.05, 0) is 37.5 Å². The van der Waals surface area contributed by atoms with Gasteiger partial charge in [-0.2, -0.15) is 0 Å². The zero-order valence-electron chi connectivity index (χ0n) is 12.9. The summed E-state index contributed by atoms with van der Waals surface area (Å²) in [5, 5.41) is 0. The van der Waals surface area contributed by atoms with Crippen LogP contribution in [0.4, 0.5) is 0 Å². The first-order valence-electron chi connectivity index (χ1n) is 8.20. The molecule has 1 fully saturated rings. The SMILES string of the molecule is CCCCCCCCCc1ccc(OC2OC2C)cc1. The van der Waals surface area contributed by atoms with Crippen LogP contribution in [-0.2, 0) is 11.2 Å². The summed E-state index contributed by atoms with van der Waals surface area (Å²) in [6.07, 6.45) is 11.0. The van der Waals surface area contributed by atoms with Crippen LogP contribution in [0.1, 0.15) is 64.4 Å². The molecular formula is C18H28O2. The van der Waals surface area contributed by atoms with Crippen LogP contribution < -0.4 is 4.74 Å². The van der Waals surface area contributed by atoms with Gasteiger partial charge in [-0.15, -0.1) is 0 Å². The van der Waals surface area contributed by atoms with Crippen LogP contribution in [0.2, 0.25) is 0 Å². The largest absolute Gasteiger partial charge is 0.462 e. The van der Waals surface area contributed by atoms with Crippen molar-refractivity contribution in [3.8, 4) is 5.75 Å². The summed E-state index contributed by atoms with van der Waals surface area (Å²) in [4.78, 5) is 0. The monoisotopic (exact) mass is 276 g/mol. The highest BCUT2D eigenvalue weighted by atomic mass is 16.8. The highest BCUT2D eigenvalue weighted by Crippen LogP contribution is 2.25. The average molecular weight is 276 g/mol. The molecule has 1 aromatic rings. The molecule has 1 aliphatic heterocycles. The van der Waals surface area contributed by atoms with Crippen LogP contribution >= 0.6 is 0 Å². The van der Waals surface area contributed by atoms with E-state index in [1.165, 1.54) is 56.9 Å². The maximum absolute atomic E-state index is 5.65. The molecule has 2 unspecified atom stereocenters. The van der Waals surface area contributed by atoms with Gasteiger partial charge < -0.3 is 9.47 Å². The molecule has 0 radical (unpaired) electrons. The van der Waals surface area contributed by atoms with E-state index in [0.717, 1.165) is 5.75 Å². The lowest BCUT2D eigenvalue weighted by Gasteiger charge is -2.05. The molecule has 0 saturated carbocycles. The maximum atomic E-state index is 5.65. The Morgan fingerprint density at radius 1 is 0.950 bits per heavy atom. The first-order valence-corrected chi connectivity index (χ1v) is 8.20. The first-order chi connectivity index (χ1) is 9.79. The van der Waals surface area contributed by atoms with E-state index in [1.807, 2.05) is 6.92 Å². The molecule has 2 nitrogen and oxygen atoms in total. The van der Waals surface area contributed by atoms with Gasteiger partial charge in [0.25, 0.3) is 0 Å². The summed E-state index contributed by atoms with van der Waals surface area (Å²) < 4.78 is 10.9. The van der Waals surface area contributed by atoms with Crippen molar-refractivity contribution >= 4 is 0 Å². The Balaban J connectivity index is 1.56. The number of benzene rings is 1. The molecule has 0 spiro atoms. The number of rotatable bonds is 10. The smallest absolute Gasteiger partial charge is 0.226 e. The Kier molecular flexibility index (Phi) is 6.38. The summed E-state index contributed by atoms with van der Waals surface area (Å²) in [5.41, 5.74) is 1.41. The van der Waals surface area contributed by atoms with Gasteiger partial charge in [0.2, 0.25) is 6.29 Å². The Bertz CT molecular complexity index is 372. The Morgan fingerprint density at radius 3 is 2.15 bits per heavy atom. The van der Waals surface area contributed by atoms with Crippen LogP contribution in [0, 0.1) is 0 Å². The zero-order chi connectivity index (χ0) is 14.2. The maximum Gasteiger partial charge on any atom is 0.226 e. The number of epoxide rings is 1. The van der Waals surface area contributed by atoms with Crippen molar-refractivity contribution in [2.24, 2.45) is 0 Å². The van der Waals surface area contributed by atoms with Gasteiger partial charge in [-0.3, -0.25) is 0 Å². The molecule has 1 saturated heterocycles. The number of unbranched alkanes of at least 4 members (excludes halogenated alkanes) is 6. The molecule has 0 bridgehead atoms. The van der Waals surface area contributed by atoms with Crippen molar-refractivity contribution < 1.29 is 9.47 Å². The quantitative estimate of drug-likeness (QED) is 0.438. The van der Waals surface area contributed by atoms with Crippen LogP contribution in [-0.4, -0.2) is 12.4 Å². The van der Waals surface area contributed by atoms with E-state index in [0.29, 0.717) is 0 Å². The van der Waals surface area contributed by atoms with E-state index in [2.05, 4.69) is 31.2 Å². The molecule has 112 valence electrons. The van der Waals surface area contributed by atoms with Gasteiger partial charge in [0, 0.05) is 0 Å². The second kappa shape index (κ2) is 8.31. The van der Waals surface area contributed by atoms with E-state index >= 15 is 0 Å². The second-order valence-electron chi connectivity index (χ2n) is 5.84. The Morgan fingerprint density at radius 2 is 1.55 bits per heavy atom. The lowest BCUT2D eigenvalue weighted by molar-refractivity contribution is 0.178. The number of ether oxygens (including phenoxy) is 2. The third kappa shape index (κ3) is 5.54. The Hall–Kier alpha value is -1.02. The van der Waals surface area contributed by atoms with Crippen molar-refractivity contribution in [1.82, 2.24) is 0 Å². The van der Waals surface area contributed by atoms with Gasteiger partial charge in [-0.1, -0.05) is 57.6 Å². The first kappa shape index (κ1) is 15.4. The molecule has 0 N–H and O–H groups in total. The predicted molar refractivity (Wildman–Crippen MR) is 83.1 cm³/mol. The molecule has 20 heavy (non-hydrogen) atoms. The van der Waals surface area contributed by atoms with Crippen LogP contribution in [0.15, 0.2) is 24.3 Å². The normalized spacial score (nSPS) is 20.9. The minimum absolute atomic E-state index is 0.0241. The standard InChI is InChI=1S/C18H28O2/c1-3-4-5-6-7-8-9-10-16-11-13-17(14-12-16)20-18-15(2)19-18/h11-15,18H,3-10H2,1-2H3. The zero-order valence-corrected chi connectivity index (χ0v) is 12.9. The van der Waals surface area contributed by atoms with E-state index in [-0.39, 0.29) is 12.4 Å². The molecule has 1 aromatic carbocycles. The van der Waals surface area contributed by atoms with Gasteiger partial charge >= 0.3 is 0 Å². The molecule has 2 rings (SSSR count). The summed E-state index contributed by atoms with van der Waals surface area (Å²) >= 11 is 0. The third-order valence-corrected chi connectivity index (χ3v) is 3.90. The van der Waals surface area contributed by atoms with E-state index in [9.17, 15) is 0 Å². The number of aryl methyl sites for hydroxylation is 1. The van der Waals surface area contributed by atoms with Gasteiger partial charge in [-0.25, -0.2) is 0 Å². The minimum Gasteiger partial charge on any atom is -0.462 e. The van der Waals surface area contributed by atoms with Crippen LogP contribution in [0.25, 0.3) is 0 Å². The fourth-order valence-corrected chi connectivity index (χ4v) is 2.44. The molecule has 0 aromatic heterocycles. The molecule has 0 aliphatic carbocycles. The van der Waals surface area contributed by atoms with Gasteiger partial charge in [0.15, 0.2) is 0 Å². The number of hydrogen-bond acceptors (Lipinski definition) is 2. The lowest BCUT2D eigenvalue weighted by atomic mass is 10.0. The summed E-state index contributed by atoms with van der Waals surface area (Å²) in [5.74, 6) is 0.919. The topological polar surface area (TPSA) is 21.8 Å². The van der Waals surface area contributed by atoms with Crippen molar-refractivity contribution in [3.05, 3.63) is 29.8 Å². The summed E-state index contributed by atoms with van der Waals surface area (Å²) in [6.45, 7) is 4.29. The van der Waals surface area contributed by atoms with Crippen molar-refractivity contribution in [2.45, 2.75) is 77.6 Å². The lowest BCUT2D eigenvalue weighted by Crippen LogP contribution is -2.00. The van der Waals surface area contributed by atoms with E-state index < -0.39 is 0 Å². The highest BCUT2D eigenvalue weighted by molar-refractivity contribution is 5.27. The van der Waals surface area contributed by atoms with Crippen LogP contribution in [0.5, 0.6) is 5.75 Å². The fraction of sp³-hybridized carbons (Fsp3) is 0.667. The highest BCUT2D eigenvalue weighted by Gasteiger charge is 2.36. The molecular weight excluding hydrogens is 248 g/mol. The molecule has 0 amide bonds.